The second kappa shape index (κ2) is 7.62. The van der Waals surface area contributed by atoms with Crippen molar-refractivity contribution in [3.05, 3.63) is 27.3 Å². The van der Waals surface area contributed by atoms with E-state index in [1.54, 1.807) is 0 Å². The largest absolute Gasteiger partial charge is 0.507 e. The van der Waals surface area contributed by atoms with Crippen molar-refractivity contribution < 1.29 is 33.3 Å². The smallest absolute Gasteiger partial charge is 0.378 e. The van der Waals surface area contributed by atoms with Gasteiger partial charge in [0, 0.05) is 9.49 Å². The normalized spacial score (nSPS) is 17.3. The van der Waals surface area contributed by atoms with Crippen LogP contribution in [0.3, 0.4) is 0 Å². The summed E-state index contributed by atoms with van der Waals surface area (Å²) in [6.45, 7) is 0. The van der Waals surface area contributed by atoms with E-state index in [0.29, 0.717) is 29.3 Å². The van der Waals surface area contributed by atoms with Gasteiger partial charge < -0.3 is 14.9 Å². The fourth-order valence-corrected chi connectivity index (χ4v) is 3.36. The molecule has 0 bridgehead atoms. The average molecular weight is 454 g/mol. The molecule has 0 amide bonds. The van der Waals surface area contributed by atoms with Gasteiger partial charge in [-0.2, -0.15) is 8.78 Å². The Morgan fingerprint density at radius 1 is 1.25 bits per heavy atom. The van der Waals surface area contributed by atoms with Gasteiger partial charge in [0.1, 0.15) is 11.3 Å². The van der Waals surface area contributed by atoms with Gasteiger partial charge in [-0.15, -0.1) is 0 Å². The van der Waals surface area contributed by atoms with E-state index in [2.05, 4.69) is 0 Å². The molecule has 1 aliphatic rings. The van der Waals surface area contributed by atoms with Crippen molar-refractivity contribution in [1.29, 1.82) is 0 Å². The Balaban J connectivity index is 2.27. The number of rotatable bonds is 5. The van der Waals surface area contributed by atoms with Crippen molar-refractivity contribution in [1.82, 2.24) is 0 Å². The quantitative estimate of drug-likeness (QED) is 0.522. The number of phenolic OH excluding ortho intramolecular Hbond substituents is 1. The summed E-state index contributed by atoms with van der Waals surface area (Å²) in [7, 11) is 0. The van der Waals surface area contributed by atoms with Crippen molar-refractivity contribution >= 4 is 34.5 Å². The number of ether oxygens (including phenoxy) is 1. The molecule has 0 saturated heterocycles. The number of aromatic hydroxyl groups is 1. The van der Waals surface area contributed by atoms with Crippen molar-refractivity contribution in [3.8, 4) is 5.75 Å². The van der Waals surface area contributed by atoms with Crippen LogP contribution in [0.25, 0.3) is 0 Å². The van der Waals surface area contributed by atoms with Crippen LogP contribution in [0.2, 0.25) is 0 Å². The molecule has 1 saturated carbocycles. The molecule has 132 valence electrons. The summed E-state index contributed by atoms with van der Waals surface area (Å²) in [5.41, 5.74) is -0.266. The van der Waals surface area contributed by atoms with E-state index in [1.165, 1.54) is 18.2 Å². The molecule has 1 fully saturated rings. The molecular formula is C16H17F2IO5. The van der Waals surface area contributed by atoms with Crippen LogP contribution >= 0.6 is 22.6 Å². The lowest BCUT2D eigenvalue weighted by molar-refractivity contribution is -0.189. The molecule has 1 aliphatic carbocycles. The summed E-state index contributed by atoms with van der Waals surface area (Å²) in [4.78, 5) is 23.1. The maximum atomic E-state index is 14.1. The highest BCUT2D eigenvalue weighted by molar-refractivity contribution is 14.1. The predicted octanol–water partition coefficient (Wildman–Crippen LogP) is 3.82. The molecule has 8 heteroatoms. The minimum Gasteiger partial charge on any atom is -0.507 e. The number of carbonyl (C=O) groups excluding carboxylic acids is 1. The van der Waals surface area contributed by atoms with Gasteiger partial charge in [0.15, 0.2) is 6.10 Å². The fourth-order valence-electron chi connectivity index (χ4n) is 2.88. The molecule has 0 spiro atoms. The van der Waals surface area contributed by atoms with Gasteiger partial charge in [-0.3, -0.25) is 0 Å². The molecule has 0 heterocycles. The van der Waals surface area contributed by atoms with Crippen LogP contribution in [0.4, 0.5) is 8.78 Å². The molecule has 2 rings (SSSR count). The first-order valence-corrected chi connectivity index (χ1v) is 8.62. The first-order chi connectivity index (χ1) is 11.2. The van der Waals surface area contributed by atoms with Gasteiger partial charge >= 0.3 is 17.9 Å². The summed E-state index contributed by atoms with van der Waals surface area (Å²) in [5.74, 6) is -8.78. The second-order valence-corrected chi connectivity index (χ2v) is 7.06. The fraction of sp³-hybridized carbons (Fsp3) is 0.500. The average Bonchev–Trinajstić information content (AvgIpc) is 2.52. The van der Waals surface area contributed by atoms with Crippen LogP contribution in [0.1, 0.15) is 42.5 Å². The SMILES string of the molecule is O=C(OC(C1CCCCC1)C(F)(F)C(=O)O)c1ccc(I)cc1O. The van der Waals surface area contributed by atoms with E-state index in [-0.39, 0.29) is 5.56 Å². The first-order valence-electron chi connectivity index (χ1n) is 7.54. The van der Waals surface area contributed by atoms with E-state index in [0.717, 1.165) is 6.42 Å². The number of carboxylic acid groups (broad SMARTS) is 1. The number of hydrogen-bond donors (Lipinski definition) is 2. The van der Waals surface area contributed by atoms with Crippen molar-refractivity contribution in [3.63, 3.8) is 0 Å². The number of benzene rings is 1. The van der Waals surface area contributed by atoms with Crippen LogP contribution in [-0.4, -0.2) is 34.2 Å². The third-order valence-electron chi connectivity index (χ3n) is 4.13. The molecule has 0 radical (unpaired) electrons. The van der Waals surface area contributed by atoms with E-state index in [1.807, 2.05) is 22.6 Å². The van der Waals surface area contributed by atoms with Gasteiger partial charge in [-0.05, 0) is 53.6 Å². The highest BCUT2D eigenvalue weighted by Gasteiger charge is 2.53. The van der Waals surface area contributed by atoms with E-state index >= 15 is 0 Å². The highest BCUT2D eigenvalue weighted by Crippen LogP contribution is 2.37. The van der Waals surface area contributed by atoms with Gasteiger partial charge in [0.2, 0.25) is 0 Å². The van der Waals surface area contributed by atoms with Crippen LogP contribution in [0.15, 0.2) is 18.2 Å². The summed E-state index contributed by atoms with van der Waals surface area (Å²) >= 11 is 1.92. The van der Waals surface area contributed by atoms with E-state index in [9.17, 15) is 23.5 Å². The topological polar surface area (TPSA) is 83.8 Å². The van der Waals surface area contributed by atoms with Gasteiger partial charge in [-0.25, -0.2) is 9.59 Å². The van der Waals surface area contributed by atoms with E-state index in [4.69, 9.17) is 9.84 Å². The highest BCUT2D eigenvalue weighted by atomic mass is 127. The van der Waals surface area contributed by atoms with Crippen LogP contribution in [0.5, 0.6) is 5.75 Å². The number of hydrogen-bond acceptors (Lipinski definition) is 4. The first kappa shape index (κ1) is 18.9. The monoisotopic (exact) mass is 454 g/mol. The number of aliphatic carboxylic acids is 1. The van der Waals surface area contributed by atoms with Crippen molar-refractivity contribution in [2.45, 2.75) is 44.1 Å². The zero-order chi connectivity index (χ0) is 17.9. The molecule has 1 atom stereocenters. The minimum atomic E-state index is -4.18. The molecule has 1 aromatic rings. The summed E-state index contributed by atoms with van der Waals surface area (Å²) in [6, 6.07) is 4.07. The lowest BCUT2D eigenvalue weighted by Gasteiger charge is -2.33. The zero-order valence-corrected chi connectivity index (χ0v) is 14.8. The molecule has 1 aromatic carbocycles. The Labute approximate surface area is 151 Å². The van der Waals surface area contributed by atoms with Crippen molar-refractivity contribution in [2.24, 2.45) is 5.92 Å². The van der Waals surface area contributed by atoms with Crippen molar-refractivity contribution in [2.75, 3.05) is 0 Å². The molecule has 24 heavy (non-hydrogen) atoms. The maximum Gasteiger partial charge on any atom is 0.378 e. The predicted molar refractivity (Wildman–Crippen MR) is 89.2 cm³/mol. The number of phenols is 1. The van der Waals surface area contributed by atoms with Crippen LogP contribution in [0, 0.1) is 9.49 Å². The zero-order valence-electron chi connectivity index (χ0n) is 12.7. The standard InChI is InChI=1S/C16H17F2IO5/c17-16(18,15(22)23)13(9-4-2-1-3-5-9)24-14(21)11-7-6-10(19)8-12(11)20/h6-9,13,20H,1-5H2,(H,22,23). The van der Waals surface area contributed by atoms with Crippen LogP contribution < -0.4 is 0 Å². The molecule has 5 nitrogen and oxygen atoms in total. The number of halogens is 3. The molecular weight excluding hydrogens is 437 g/mol. The Kier molecular flexibility index (Phi) is 6.00. The number of esters is 1. The van der Waals surface area contributed by atoms with Gasteiger partial charge in [0.25, 0.3) is 0 Å². The molecule has 2 N–H and O–H groups in total. The van der Waals surface area contributed by atoms with Gasteiger partial charge in [0.05, 0.1) is 0 Å². The number of carbonyl (C=O) groups is 2. The number of carboxylic acids is 1. The summed E-state index contributed by atoms with van der Waals surface area (Å²) < 4.78 is 33.7. The summed E-state index contributed by atoms with van der Waals surface area (Å²) in [6.07, 6.45) is 0.945. The third kappa shape index (κ3) is 4.14. The lowest BCUT2D eigenvalue weighted by Crippen LogP contribution is -2.48. The molecule has 1 unspecified atom stereocenters. The molecule has 0 aliphatic heterocycles. The third-order valence-corrected chi connectivity index (χ3v) is 4.81. The number of alkyl halides is 2. The van der Waals surface area contributed by atoms with Gasteiger partial charge in [-0.1, -0.05) is 19.3 Å². The Morgan fingerprint density at radius 3 is 2.42 bits per heavy atom. The molecule has 0 aromatic heterocycles. The second-order valence-electron chi connectivity index (χ2n) is 5.81. The Bertz CT molecular complexity index is 629. The van der Waals surface area contributed by atoms with E-state index < -0.39 is 35.6 Å². The lowest BCUT2D eigenvalue weighted by atomic mass is 9.83. The minimum absolute atomic E-state index is 0.266. The maximum absolute atomic E-state index is 14.1. The summed E-state index contributed by atoms with van der Waals surface area (Å²) in [5, 5.41) is 18.6. The van der Waals surface area contributed by atoms with Crippen LogP contribution in [-0.2, 0) is 9.53 Å². The Hall–Kier alpha value is -1.45. The Morgan fingerprint density at radius 2 is 1.88 bits per heavy atom.